The van der Waals surface area contributed by atoms with Crippen molar-refractivity contribution in [2.75, 3.05) is 13.1 Å². The minimum absolute atomic E-state index is 0.0445. The minimum Gasteiger partial charge on any atom is -0.342 e. The Bertz CT molecular complexity index is 1590. The van der Waals surface area contributed by atoms with Crippen molar-refractivity contribution >= 4 is 0 Å². The Kier molecular flexibility index (Phi) is 6.94. The molecule has 4 nitrogen and oxygen atoms in total. The summed E-state index contributed by atoms with van der Waals surface area (Å²) in [6.07, 6.45) is 4.50. The molecule has 4 unspecified atom stereocenters. The quantitative estimate of drug-likeness (QED) is 0.194. The zero-order valence-corrected chi connectivity index (χ0v) is 26.1. The minimum atomic E-state index is -0.619. The molecule has 9 rings (SSSR count). The molecule has 4 fully saturated rings. The van der Waals surface area contributed by atoms with Crippen molar-refractivity contribution in [3.63, 3.8) is 0 Å². The van der Waals surface area contributed by atoms with E-state index in [1.165, 1.54) is 46.2 Å². The van der Waals surface area contributed by atoms with Crippen LogP contribution in [-0.4, -0.2) is 35.0 Å². The lowest BCUT2D eigenvalue weighted by molar-refractivity contribution is -0.0795. The monoisotopic (exact) mass is 604 g/mol. The lowest BCUT2D eigenvalue weighted by Crippen LogP contribution is -2.44. The highest BCUT2D eigenvalue weighted by Gasteiger charge is 2.58. The van der Waals surface area contributed by atoms with E-state index in [9.17, 15) is 0 Å². The SMILES string of the molecule is c1ccc(C2(c3ccccc3)OC(c3cccc(C4OC(c5ccccc5)(c5ccccc5)N5CCCC45)c3)C3CCCN32)cc1. The van der Waals surface area contributed by atoms with E-state index >= 15 is 0 Å². The molecule has 4 aliphatic heterocycles. The first-order valence-corrected chi connectivity index (χ1v) is 17.0. The average molecular weight is 605 g/mol. The summed E-state index contributed by atoms with van der Waals surface area (Å²) in [5.74, 6) is 0. The third-order valence-corrected chi connectivity index (χ3v) is 10.9. The van der Waals surface area contributed by atoms with Crippen molar-refractivity contribution in [3.8, 4) is 0 Å². The van der Waals surface area contributed by atoms with Gasteiger partial charge in [0.2, 0.25) is 0 Å². The number of hydrogen-bond donors (Lipinski definition) is 0. The van der Waals surface area contributed by atoms with Gasteiger partial charge in [0.25, 0.3) is 0 Å². The first-order valence-electron chi connectivity index (χ1n) is 17.0. The summed E-state index contributed by atoms with van der Waals surface area (Å²) in [6, 6.07) is 53.1. The van der Waals surface area contributed by atoms with Gasteiger partial charge in [-0.25, -0.2) is 0 Å². The second-order valence-electron chi connectivity index (χ2n) is 13.3. The molecule has 5 aromatic carbocycles. The fourth-order valence-corrected chi connectivity index (χ4v) is 9.07. The molecule has 230 valence electrons. The Morgan fingerprint density at radius 1 is 0.435 bits per heavy atom. The summed E-state index contributed by atoms with van der Waals surface area (Å²) >= 11 is 0. The van der Waals surface area contributed by atoms with Crippen LogP contribution in [0.5, 0.6) is 0 Å². The van der Waals surface area contributed by atoms with Crippen molar-refractivity contribution in [2.24, 2.45) is 0 Å². The number of rotatable bonds is 6. The lowest BCUT2D eigenvalue weighted by Gasteiger charge is -2.37. The van der Waals surface area contributed by atoms with Crippen LogP contribution in [0.2, 0.25) is 0 Å². The molecule has 0 radical (unpaired) electrons. The maximum Gasteiger partial charge on any atom is 0.175 e. The van der Waals surface area contributed by atoms with Gasteiger partial charge in [0.15, 0.2) is 11.4 Å². The van der Waals surface area contributed by atoms with Crippen LogP contribution in [-0.2, 0) is 20.9 Å². The summed E-state index contributed by atoms with van der Waals surface area (Å²) in [7, 11) is 0. The Balaban J connectivity index is 1.13. The average Bonchev–Trinajstić information content (AvgIpc) is 3.93. The summed E-state index contributed by atoms with van der Waals surface area (Å²) < 4.78 is 14.9. The van der Waals surface area contributed by atoms with E-state index in [1.54, 1.807) is 0 Å². The summed E-state index contributed by atoms with van der Waals surface area (Å²) in [5, 5.41) is 0. The topological polar surface area (TPSA) is 24.9 Å². The first-order chi connectivity index (χ1) is 22.8. The Labute approximate surface area is 272 Å². The maximum atomic E-state index is 7.43. The van der Waals surface area contributed by atoms with Gasteiger partial charge in [-0.1, -0.05) is 146 Å². The molecule has 0 aromatic heterocycles. The van der Waals surface area contributed by atoms with Gasteiger partial charge in [-0.05, 0) is 36.8 Å². The summed E-state index contributed by atoms with van der Waals surface area (Å²) in [4.78, 5) is 5.27. The highest BCUT2D eigenvalue weighted by Crippen LogP contribution is 2.56. The number of hydrogen-bond acceptors (Lipinski definition) is 4. The smallest absolute Gasteiger partial charge is 0.175 e. The molecular formula is C42H40N2O2. The molecule has 4 atom stereocenters. The predicted molar refractivity (Wildman–Crippen MR) is 181 cm³/mol. The molecule has 4 heteroatoms. The molecule has 0 bridgehead atoms. The van der Waals surface area contributed by atoms with Crippen LogP contribution >= 0.6 is 0 Å². The summed E-state index contributed by atoms with van der Waals surface area (Å²) in [6.45, 7) is 2.04. The number of nitrogens with zero attached hydrogens (tertiary/aromatic N) is 2. The van der Waals surface area contributed by atoms with Gasteiger partial charge in [0.05, 0.1) is 0 Å². The summed E-state index contributed by atoms with van der Waals surface area (Å²) in [5.41, 5.74) is 6.04. The van der Waals surface area contributed by atoms with Crippen molar-refractivity contribution in [1.29, 1.82) is 0 Å². The van der Waals surface area contributed by atoms with E-state index in [2.05, 4.69) is 155 Å². The molecule has 0 aliphatic carbocycles. The third kappa shape index (κ3) is 4.21. The van der Waals surface area contributed by atoms with Gasteiger partial charge in [0, 0.05) is 47.4 Å². The van der Waals surface area contributed by atoms with Crippen LogP contribution in [0.25, 0.3) is 0 Å². The Morgan fingerprint density at radius 3 is 1.13 bits per heavy atom. The molecule has 5 aromatic rings. The Morgan fingerprint density at radius 2 is 0.783 bits per heavy atom. The highest BCUT2D eigenvalue weighted by atomic mass is 16.5. The molecule has 0 amide bonds. The molecule has 4 heterocycles. The van der Waals surface area contributed by atoms with Crippen molar-refractivity contribution < 1.29 is 9.47 Å². The van der Waals surface area contributed by atoms with E-state index in [4.69, 9.17) is 9.47 Å². The molecule has 0 spiro atoms. The van der Waals surface area contributed by atoms with E-state index in [-0.39, 0.29) is 12.2 Å². The molecule has 46 heavy (non-hydrogen) atoms. The molecule has 0 N–H and O–H groups in total. The van der Waals surface area contributed by atoms with Gasteiger partial charge < -0.3 is 9.47 Å². The standard InChI is InChI=1S/C42H40N2O2/c1-5-18-33(19-6-1)41(34-20-7-2-8-21-34)43-28-14-26-37(43)39(45-41)31-16-13-17-32(30-31)40-38-27-15-29-44(38)42(46-40,35-22-9-3-10-23-35)36-24-11-4-12-25-36/h1-13,16-25,30,37-40H,14-15,26-29H2. The van der Waals surface area contributed by atoms with Gasteiger partial charge in [0.1, 0.15) is 12.2 Å². The van der Waals surface area contributed by atoms with Crippen molar-refractivity contribution in [3.05, 3.63) is 179 Å². The van der Waals surface area contributed by atoms with Crippen molar-refractivity contribution in [2.45, 2.75) is 61.4 Å². The zero-order chi connectivity index (χ0) is 30.6. The van der Waals surface area contributed by atoms with Gasteiger partial charge >= 0.3 is 0 Å². The van der Waals surface area contributed by atoms with Crippen LogP contribution in [0.3, 0.4) is 0 Å². The van der Waals surface area contributed by atoms with Gasteiger partial charge in [-0.2, -0.15) is 0 Å². The number of fused-ring (bicyclic) bond motifs is 2. The van der Waals surface area contributed by atoms with E-state index in [0.29, 0.717) is 12.1 Å². The fraction of sp³-hybridized carbons (Fsp3) is 0.286. The van der Waals surface area contributed by atoms with Gasteiger partial charge in [-0.15, -0.1) is 0 Å². The number of ether oxygens (including phenoxy) is 2. The predicted octanol–water partition coefficient (Wildman–Crippen LogP) is 8.56. The van der Waals surface area contributed by atoms with Crippen LogP contribution in [0.1, 0.15) is 71.3 Å². The third-order valence-electron chi connectivity index (χ3n) is 10.9. The van der Waals surface area contributed by atoms with Crippen LogP contribution < -0.4 is 0 Å². The van der Waals surface area contributed by atoms with Crippen LogP contribution in [0.15, 0.2) is 146 Å². The van der Waals surface area contributed by atoms with E-state index in [0.717, 1.165) is 25.9 Å². The largest absolute Gasteiger partial charge is 0.342 e. The Hall–Kier alpha value is -4.06. The van der Waals surface area contributed by atoms with E-state index in [1.807, 2.05) is 0 Å². The highest BCUT2D eigenvalue weighted by molar-refractivity contribution is 5.42. The maximum absolute atomic E-state index is 7.43. The second-order valence-corrected chi connectivity index (χ2v) is 13.3. The van der Waals surface area contributed by atoms with Gasteiger partial charge in [-0.3, -0.25) is 9.80 Å². The second kappa shape index (κ2) is 11.3. The molecule has 0 saturated carbocycles. The van der Waals surface area contributed by atoms with Crippen LogP contribution in [0.4, 0.5) is 0 Å². The fourth-order valence-electron chi connectivity index (χ4n) is 9.07. The van der Waals surface area contributed by atoms with E-state index < -0.39 is 11.4 Å². The zero-order valence-electron chi connectivity index (χ0n) is 26.1. The molecular weight excluding hydrogens is 564 g/mol. The first kappa shape index (κ1) is 28.2. The lowest BCUT2D eigenvalue weighted by atomic mass is 9.92. The normalized spacial score (nSPS) is 26.6. The molecule has 4 saturated heterocycles. The number of benzene rings is 5. The van der Waals surface area contributed by atoms with Crippen LogP contribution in [0, 0.1) is 0 Å². The molecule has 4 aliphatic rings. The van der Waals surface area contributed by atoms with Crippen molar-refractivity contribution in [1.82, 2.24) is 9.80 Å².